The molecule has 2 N–H and O–H groups in total. The number of rotatable bonds is 9. The number of ether oxygens (including phenoxy) is 2. The van der Waals surface area contributed by atoms with E-state index in [-0.39, 0.29) is 19.3 Å². The van der Waals surface area contributed by atoms with Gasteiger partial charge in [-0.1, -0.05) is 0 Å². The highest BCUT2D eigenvalue weighted by molar-refractivity contribution is 4.54. The average molecular weight is 250 g/mol. The van der Waals surface area contributed by atoms with Gasteiger partial charge in [-0.2, -0.15) is 0 Å². The van der Waals surface area contributed by atoms with E-state index >= 15 is 0 Å². The fourth-order valence-corrected chi connectivity index (χ4v) is 0.936. The first-order chi connectivity index (χ1) is 7.84. The van der Waals surface area contributed by atoms with Gasteiger partial charge in [0.2, 0.25) is 0 Å². The molecule has 0 bridgehead atoms. The summed E-state index contributed by atoms with van der Waals surface area (Å²) in [6.07, 6.45) is -1.32. The Morgan fingerprint density at radius 1 is 0.882 bits per heavy atom. The zero-order valence-corrected chi connectivity index (χ0v) is 11.5. The van der Waals surface area contributed by atoms with Crippen LogP contribution in [0.15, 0.2) is 0 Å². The van der Waals surface area contributed by atoms with Crippen LogP contribution in [0.3, 0.4) is 0 Å². The number of nitrogens with zero attached hydrogens (tertiary/aromatic N) is 2. The summed E-state index contributed by atoms with van der Waals surface area (Å²) in [5.74, 6) is 0. The predicted octanol–water partition coefficient (Wildman–Crippen LogP) is -0.832. The SMILES string of the molecule is CC(COCC(O)N(C)C)OCC(O)N(C)C. The molecule has 17 heavy (non-hydrogen) atoms. The molecule has 0 aromatic heterocycles. The molecule has 0 amide bonds. The Balaban J connectivity index is 3.56. The molecule has 0 aliphatic heterocycles. The number of hydrogen-bond acceptors (Lipinski definition) is 6. The summed E-state index contributed by atoms with van der Waals surface area (Å²) in [7, 11) is 7.12. The van der Waals surface area contributed by atoms with Gasteiger partial charge in [0, 0.05) is 0 Å². The lowest BCUT2D eigenvalue weighted by Crippen LogP contribution is -2.35. The molecule has 6 heteroatoms. The lowest BCUT2D eigenvalue weighted by Gasteiger charge is -2.22. The summed E-state index contributed by atoms with van der Waals surface area (Å²) in [5, 5.41) is 18.9. The Kier molecular flexibility index (Phi) is 8.67. The highest BCUT2D eigenvalue weighted by Gasteiger charge is 2.11. The fraction of sp³-hybridized carbons (Fsp3) is 1.00. The van der Waals surface area contributed by atoms with Crippen LogP contribution in [-0.2, 0) is 9.47 Å². The number of hydrogen-bond donors (Lipinski definition) is 2. The maximum atomic E-state index is 9.48. The van der Waals surface area contributed by atoms with Crippen molar-refractivity contribution in [3.8, 4) is 0 Å². The molecule has 0 rings (SSSR count). The molecular formula is C11H26N2O4. The van der Waals surface area contributed by atoms with Crippen LogP contribution in [0.5, 0.6) is 0 Å². The molecule has 0 spiro atoms. The van der Waals surface area contributed by atoms with Gasteiger partial charge in [-0.3, -0.25) is 9.80 Å². The molecule has 0 fully saturated rings. The third kappa shape index (κ3) is 8.48. The molecule has 3 atom stereocenters. The van der Waals surface area contributed by atoms with Crippen LogP contribution in [0, 0.1) is 0 Å². The Labute approximate surface area is 104 Å². The molecule has 3 unspecified atom stereocenters. The van der Waals surface area contributed by atoms with Gasteiger partial charge in [0.05, 0.1) is 25.9 Å². The normalized spacial score (nSPS) is 17.5. The highest BCUT2D eigenvalue weighted by Crippen LogP contribution is 1.97. The van der Waals surface area contributed by atoms with Gasteiger partial charge >= 0.3 is 0 Å². The summed E-state index contributed by atoms with van der Waals surface area (Å²) in [5.41, 5.74) is 0. The van der Waals surface area contributed by atoms with E-state index in [1.54, 1.807) is 38.0 Å². The maximum absolute atomic E-state index is 9.48. The Hall–Kier alpha value is -0.240. The minimum Gasteiger partial charge on any atom is -0.376 e. The monoisotopic (exact) mass is 250 g/mol. The van der Waals surface area contributed by atoms with E-state index in [1.165, 1.54) is 0 Å². The number of aliphatic hydroxyl groups is 2. The second-order valence-electron chi connectivity index (χ2n) is 4.57. The largest absolute Gasteiger partial charge is 0.376 e. The molecule has 0 aromatic carbocycles. The summed E-state index contributed by atoms with van der Waals surface area (Å²) in [6.45, 7) is 2.75. The molecule has 104 valence electrons. The predicted molar refractivity (Wildman–Crippen MR) is 65.6 cm³/mol. The van der Waals surface area contributed by atoms with Crippen LogP contribution < -0.4 is 0 Å². The zero-order valence-electron chi connectivity index (χ0n) is 11.5. The van der Waals surface area contributed by atoms with Gasteiger partial charge < -0.3 is 19.7 Å². The minimum atomic E-state index is -0.607. The van der Waals surface area contributed by atoms with Crippen molar-refractivity contribution in [3.05, 3.63) is 0 Å². The van der Waals surface area contributed by atoms with Crippen LogP contribution >= 0.6 is 0 Å². The van der Waals surface area contributed by atoms with Crippen molar-refractivity contribution >= 4 is 0 Å². The van der Waals surface area contributed by atoms with Crippen molar-refractivity contribution in [2.45, 2.75) is 25.5 Å². The molecule has 0 radical (unpaired) electrons. The highest BCUT2D eigenvalue weighted by atomic mass is 16.5. The topological polar surface area (TPSA) is 65.4 Å². The fourth-order valence-electron chi connectivity index (χ4n) is 0.936. The van der Waals surface area contributed by atoms with Crippen LogP contribution in [0.2, 0.25) is 0 Å². The van der Waals surface area contributed by atoms with E-state index in [9.17, 15) is 10.2 Å². The van der Waals surface area contributed by atoms with E-state index < -0.39 is 12.5 Å². The van der Waals surface area contributed by atoms with Crippen LogP contribution in [0.4, 0.5) is 0 Å². The van der Waals surface area contributed by atoms with Crippen LogP contribution in [-0.4, -0.2) is 86.6 Å². The van der Waals surface area contributed by atoms with E-state index in [4.69, 9.17) is 9.47 Å². The summed E-state index contributed by atoms with van der Waals surface area (Å²) < 4.78 is 10.7. The van der Waals surface area contributed by atoms with Gasteiger partial charge in [0.1, 0.15) is 12.5 Å². The van der Waals surface area contributed by atoms with Crippen molar-refractivity contribution in [2.75, 3.05) is 48.0 Å². The second kappa shape index (κ2) is 8.79. The molecule has 0 aliphatic carbocycles. The van der Waals surface area contributed by atoms with Gasteiger partial charge in [-0.25, -0.2) is 0 Å². The minimum absolute atomic E-state index is 0.112. The van der Waals surface area contributed by atoms with E-state index in [1.807, 2.05) is 6.92 Å². The molecular weight excluding hydrogens is 224 g/mol. The summed E-state index contributed by atoms with van der Waals surface area (Å²) >= 11 is 0. The Bertz CT molecular complexity index is 190. The molecule has 0 aromatic rings. The number of likely N-dealkylation sites (N-methyl/N-ethyl adjacent to an activating group) is 2. The Morgan fingerprint density at radius 2 is 1.35 bits per heavy atom. The summed E-state index contributed by atoms with van der Waals surface area (Å²) in [4.78, 5) is 3.34. The third-order valence-corrected chi connectivity index (χ3v) is 2.34. The van der Waals surface area contributed by atoms with Crippen molar-refractivity contribution in [3.63, 3.8) is 0 Å². The standard InChI is InChI=1S/C11H26N2O4/c1-9(17-8-11(15)13(4)5)6-16-7-10(14)12(2)3/h9-11,14-15H,6-8H2,1-5H3. The second-order valence-corrected chi connectivity index (χ2v) is 4.57. The average Bonchev–Trinajstić information content (AvgIpc) is 2.25. The zero-order chi connectivity index (χ0) is 13.4. The van der Waals surface area contributed by atoms with E-state index in [0.29, 0.717) is 6.61 Å². The van der Waals surface area contributed by atoms with Gasteiger partial charge in [0.25, 0.3) is 0 Å². The molecule has 6 nitrogen and oxygen atoms in total. The Morgan fingerprint density at radius 3 is 1.82 bits per heavy atom. The quantitative estimate of drug-likeness (QED) is 0.521. The van der Waals surface area contributed by atoms with E-state index in [0.717, 1.165) is 0 Å². The van der Waals surface area contributed by atoms with Crippen molar-refractivity contribution in [2.24, 2.45) is 0 Å². The van der Waals surface area contributed by atoms with Gasteiger partial charge in [-0.05, 0) is 35.1 Å². The first kappa shape index (κ1) is 16.8. The smallest absolute Gasteiger partial charge is 0.130 e. The van der Waals surface area contributed by atoms with Gasteiger partial charge in [0.15, 0.2) is 0 Å². The van der Waals surface area contributed by atoms with Gasteiger partial charge in [-0.15, -0.1) is 0 Å². The lowest BCUT2D eigenvalue weighted by molar-refractivity contribution is -0.0946. The van der Waals surface area contributed by atoms with E-state index in [2.05, 4.69) is 0 Å². The number of aliphatic hydroxyl groups excluding tert-OH is 2. The molecule has 0 saturated heterocycles. The lowest BCUT2D eigenvalue weighted by atomic mass is 10.4. The van der Waals surface area contributed by atoms with Crippen LogP contribution in [0.1, 0.15) is 6.92 Å². The molecule has 0 saturated carbocycles. The van der Waals surface area contributed by atoms with Crippen molar-refractivity contribution < 1.29 is 19.7 Å². The third-order valence-electron chi connectivity index (χ3n) is 2.34. The van der Waals surface area contributed by atoms with Crippen LogP contribution in [0.25, 0.3) is 0 Å². The maximum Gasteiger partial charge on any atom is 0.130 e. The first-order valence-corrected chi connectivity index (χ1v) is 5.73. The summed E-state index contributed by atoms with van der Waals surface area (Å²) in [6, 6.07) is 0. The van der Waals surface area contributed by atoms with Crippen molar-refractivity contribution in [1.82, 2.24) is 9.80 Å². The molecule has 0 heterocycles. The molecule has 0 aliphatic rings. The van der Waals surface area contributed by atoms with Crippen molar-refractivity contribution in [1.29, 1.82) is 0 Å². The first-order valence-electron chi connectivity index (χ1n) is 5.73.